The summed E-state index contributed by atoms with van der Waals surface area (Å²) in [5.74, 6) is 2.22. The van der Waals surface area contributed by atoms with E-state index in [1.54, 1.807) is 11.1 Å². The molecule has 0 N–H and O–H groups in total. The lowest BCUT2D eigenvalue weighted by Gasteiger charge is -2.14. The van der Waals surface area contributed by atoms with Crippen molar-refractivity contribution in [3.05, 3.63) is 34.9 Å². The minimum Gasteiger partial charge on any atom is -0.0628 e. The van der Waals surface area contributed by atoms with Gasteiger partial charge >= 0.3 is 0 Å². The molecule has 0 bridgehead atoms. The molecule has 1 rings (SSSR count). The van der Waals surface area contributed by atoms with E-state index >= 15 is 0 Å². The summed E-state index contributed by atoms with van der Waals surface area (Å²) in [7, 11) is 0. The van der Waals surface area contributed by atoms with Crippen LogP contribution >= 0.6 is 0 Å². The first-order valence-corrected chi connectivity index (χ1v) is 8.01. The fraction of sp³-hybridized carbons (Fsp3) is 0.684. The van der Waals surface area contributed by atoms with Crippen molar-refractivity contribution in [1.82, 2.24) is 0 Å². The Kier molecular flexibility index (Phi) is 6.62. The van der Waals surface area contributed by atoms with Crippen molar-refractivity contribution >= 4 is 0 Å². The van der Waals surface area contributed by atoms with Gasteiger partial charge in [0.25, 0.3) is 0 Å². The zero-order chi connectivity index (χ0) is 14.4. The fourth-order valence-electron chi connectivity index (χ4n) is 2.32. The van der Waals surface area contributed by atoms with Gasteiger partial charge in [-0.1, -0.05) is 59.7 Å². The standard InChI is InChI=1S/C19H32/c1-14(2)7-9-17-11-18(10-8-15(3)4)13-19(12-17)16(5)6/h11-16H,7-10H2,1-6H3. The van der Waals surface area contributed by atoms with Crippen molar-refractivity contribution in [1.29, 1.82) is 0 Å². The molecule has 19 heavy (non-hydrogen) atoms. The SMILES string of the molecule is CC(C)CCc1cc(CCC(C)C)cc(C(C)C)c1. The Bertz CT molecular complexity index is 341. The highest BCUT2D eigenvalue weighted by atomic mass is 14.1. The van der Waals surface area contributed by atoms with Gasteiger partial charge in [-0.15, -0.1) is 0 Å². The minimum absolute atomic E-state index is 0.636. The third-order valence-corrected chi connectivity index (χ3v) is 3.76. The molecule has 0 unspecified atom stereocenters. The zero-order valence-electron chi connectivity index (χ0n) is 13.8. The highest BCUT2D eigenvalue weighted by Crippen LogP contribution is 2.22. The zero-order valence-corrected chi connectivity index (χ0v) is 13.8. The van der Waals surface area contributed by atoms with E-state index < -0.39 is 0 Å². The first-order valence-electron chi connectivity index (χ1n) is 8.01. The first kappa shape index (κ1) is 16.3. The monoisotopic (exact) mass is 260 g/mol. The third-order valence-electron chi connectivity index (χ3n) is 3.76. The van der Waals surface area contributed by atoms with Crippen molar-refractivity contribution in [2.75, 3.05) is 0 Å². The molecule has 1 aromatic carbocycles. The van der Waals surface area contributed by atoms with Crippen LogP contribution in [0.25, 0.3) is 0 Å². The first-order chi connectivity index (χ1) is 8.88. The van der Waals surface area contributed by atoms with Gasteiger partial charge in [-0.25, -0.2) is 0 Å². The molecule has 0 atom stereocenters. The van der Waals surface area contributed by atoms with Crippen LogP contribution in [0, 0.1) is 11.8 Å². The van der Waals surface area contributed by atoms with Gasteiger partial charge in [-0.3, -0.25) is 0 Å². The quantitative estimate of drug-likeness (QED) is 0.565. The normalized spacial score (nSPS) is 11.8. The predicted molar refractivity (Wildman–Crippen MR) is 86.8 cm³/mol. The minimum atomic E-state index is 0.636. The molecule has 0 aliphatic heterocycles. The van der Waals surface area contributed by atoms with Crippen LogP contribution in [-0.4, -0.2) is 0 Å². The summed E-state index contributed by atoms with van der Waals surface area (Å²) in [6.07, 6.45) is 5.05. The number of rotatable bonds is 7. The number of hydrogen-bond acceptors (Lipinski definition) is 0. The van der Waals surface area contributed by atoms with Crippen LogP contribution in [0.15, 0.2) is 18.2 Å². The Labute approximate surface area is 120 Å². The molecule has 0 saturated carbocycles. The van der Waals surface area contributed by atoms with Gasteiger partial charge in [-0.2, -0.15) is 0 Å². The Morgan fingerprint density at radius 1 is 0.684 bits per heavy atom. The summed E-state index contributed by atoms with van der Waals surface area (Å²) >= 11 is 0. The van der Waals surface area contributed by atoms with E-state index in [9.17, 15) is 0 Å². The maximum atomic E-state index is 2.44. The molecular weight excluding hydrogens is 228 g/mol. The summed E-state index contributed by atoms with van der Waals surface area (Å²) in [6.45, 7) is 13.8. The van der Waals surface area contributed by atoms with E-state index in [-0.39, 0.29) is 0 Å². The van der Waals surface area contributed by atoms with Crippen molar-refractivity contribution in [2.45, 2.75) is 73.1 Å². The molecule has 108 valence electrons. The van der Waals surface area contributed by atoms with Crippen molar-refractivity contribution in [3.63, 3.8) is 0 Å². The van der Waals surface area contributed by atoms with Crippen LogP contribution in [0.5, 0.6) is 0 Å². The number of aryl methyl sites for hydroxylation is 2. The molecule has 0 aromatic heterocycles. The van der Waals surface area contributed by atoms with E-state index in [2.05, 4.69) is 59.7 Å². The van der Waals surface area contributed by atoms with E-state index in [1.807, 2.05) is 0 Å². The van der Waals surface area contributed by atoms with Gasteiger partial charge in [0.15, 0.2) is 0 Å². The van der Waals surface area contributed by atoms with E-state index in [4.69, 9.17) is 0 Å². The maximum absolute atomic E-state index is 2.44. The molecule has 0 heteroatoms. The average Bonchev–Trinajstić information content (AvgIpc) is 2.33. The Balaban J connectivity index is 2.84. The van der Waals surface area contributed by atoms with E-state index in [0.29, 0.717) is 5.92 Å². The fourth-order valence-corrected chi connectivity index (χ4v) is 2.32. The summed E-state index contributed by atoms with van der Waals surface area (Å²) in [5.41, 5.74) is 4.59. The molecular formula is C19H32. The molecule has 0 amide bonds. The highest BCUT2D eigenvalue weighted by Gasteiger charge is 2.06. The Morgan fingerprint density at radius 2 is 1.11 bits per heavy atom. The topological polar surface area (TPSA) is 0 Å². The largest absolute Gasteiger partial charge is 0.0628 e. The number of benzene rings is 1. The lowest BCUT2D eigenvalue weighted by Crippen LogP contribution is -1.99. The molecule has 1 aromatic rings. The van der Waals surface area contributed by atoms with Crippen LogP contribution in [0.3, 0.4) is 0 Å². The molecule has 0 nitrogen and oxygen atoms in total. The average molecular weight is 260 g/mol. The van der Waals surface area contributed by atoms with Crippen LogP contribution in [-0.2, 0) is 12.8 Å². The number of hydrogen-bond donors (Lipinski definition) is 0. The third kappa shape index (κ3) is 6.27. The predicted octanol–water partition coefficient (Wildman–Crippen LogP) is 5.99. The second-order valence-electron chi connectivity index (χ2n) is 7.10. The molecule has 0 fully saturated rings. The van der Waals surface area contributed by atoms with Gasteiger partial charge in [0.1, 0.15) is 0 Å². The Morgan fingerprint density at radius 3 is 1.42 bits per heavy atom. The Hall–Kier alpha value is -0.780. The summed E-state index contributed by atoms with van der Waals surface area (Å²) in [5, 5.41) is 0. The van der Waals surface area contributed by atoms with Crippen molar-refractivity contribution in [3.8, 4) is 0 Å². The smallest absolute Gasteiger partial charge is 0.0219 e. The van der Waals surface area contributed by atoms with Gasteiger partial charge in [-0.05, 0) is 60.1 Å². The molecule has 0 heterocycles. The maximum Gasteiger partial charge on any atom is -0.0219 e. The van der Waals surface area contributed by atoms with Crippen LogP contribution < -0.4 is 0 Å². The highest BCUT2D eigenvalue weighted by molar-refractivity contribution is 5.32. The molecule has 0 saturated heterocycles. The van der Waals surface area contributed by atoms with Gasteiger partial charge in [0.05, 0.1) is 0 Å². The van der Waals surface area contributed by atoms with Crippen LogP contribution in [0.1, 0.15) is 77.0 Å². The second-order valence-corrected chi connectivity index (χ2v) is 7.10. The van der Waals surface area contributed by atoms with E-state index in [1.165, 1.54) is 31.2 Å². The van der Waals surface area contributed by atoms with Gasteiger partial charge in [0.2, 0.25) is 0 Å². The molecule has 0 spiro atoms. The molecule has 0 aliphatic rings. The van der Waals surface area contributed by atoms with Crippen LogP contribution in [0.2, 0.25) is 0 Å². The molecule has 0 radical (unpaired) electrons. The van der Waals surface area contributed by atoms with E-state index in [0.717, 1.165) is 11.8 Å². The second kappa shape index (κ2) is 7.72. The summed E-state index contributed by atoms with van der Waals surface area (Å²) in [4.78, 5) is 0. The van der Waals surface area contributed by atoms with Gasteiger partial charge in [0, 0.05) is 0 Å². The summed E-state index contributed by atoms with van der Waals surface area (Å²) in [6, 6.07) is 7.29. The lowest BCUT2D eigenvalue weighted by molar-refractivity contribution is 0.580. The van der Waals surface area contributed by atoms with Crippen LogP contribution in [0.4, 0.5) is 0 Å². The van der Waals surface area contributed by atoms with Crippen molar-refractivity contribution in [2.24, 2.45) is 11.8 Å². The van der Waals surface area contributed by atoms with Gasteiger partial charge < -0.3 is 0 Å². The lowest BCUT2D eigenvalue weighted by atomic mass is 9.92. The molecule has 0 aliphatic carbocycles. The van der Waals surface area contributed by atoms with Crippen molar-refractivity contribution < 1.29 is 0 Å². The summed E-state index contributed by atoms with van der Waals surface area (Å²) < 4.78 is 0.